The average Bonchev–Trinajstić information content (AvgIpc) is 3.19. The Morgan fingerprint density at radius 2 is 1.91 bits per heavy atom. The molecule has 0 aliphatic heterocycles. The van der Waals surface area contributed by atoms with Gasteiger partial charge in [-0.15, -0.1) is 10.2 Å². The summed E-state index contributed by atoms with van der Waals surface area (Å²) in [6.07, 6.45) is 0. The maximum Gasteiger partial charge on any atom is 0.270 e. The Labute approximate surface area is 188 Å². The predicted molar refractivity (Wildman–Crippen MR) is 120 cm³/mol. The van der Waals surface area contributed by atoms with Crippen molar-refractivity contribution in [3.8, 4) is 0 Å². The second-order valence-corrected chi connectivity index (χ2v) is 7.78. The number of rotatable bonds is 9. The molecule has 0 saturated heterocycles. The summed E-state index contributed by atoms with van der Waals surface area (Å²) in [5, 5.41) is 25.2. The molecule has 0 saturated carbocycles. The van der Waals surface area contributed by atoms with Crippen molar-refractivity contribution >= 4 is 35.0 Å². The van der Waals surface area contributed by atoms with Gasteiger partial charge in [0.1, 0.15) is 0 Å². The van der Waals surface area contributed by atoms with E-state index in [0.717, 1.165) is 11.3 Å². The summed E-state index contributed by atoms with van der Waals surface area (Å²) in [4.78, 5) is 34.9. The molecule has 2 amide bonds. The number of amides is 2. The summed E-state index contributed by atoms with van der Waals surface area (Å²) >= 11 is 1.25. The maximum atomic E-state index is 12.4. The van der Waals surface area contributed by atoms with Gasteiger partial charge in [0, 0.05) is 29.9 Å². The second kappa shape index (κ2) is 10.5. The van der Waals surface area contributed by atoms with Gasteiger partial charge >= 0.3 is 0 Å². The van der Waals surface area contributed by atoms with Crippen LogP contribution in [0.15, 0.2) is 53.7 Å². The summed E-state index contributed by atoms with van der Waals surface area (Å²) in [6, 6.07) is 13.0. The molecular weight excluding hydrogens is 432 g/mol. The first kappa shape index (κ1) is 22.9. The molecule has 166 valence electrons. The molecule has 0 atom stereocenters. The fourth-order valence-corrected chi connectivity index (χ4v) is 3.68. The van der Waals surface area contributed by atoms with E-state index in [9.17, 15) is 19.7 Å². The number of aryl methyl sites for hydroxylation is 1. The van der Waals surface area contributed by atoms with Gasteiger partial charge in [-0.25, -0.2) is 0 Å². The number of nitro benzene ring substituents is 1. The van der Waals surface area contributed by atoms with E-state index in [1.807, 2.05) is 38.1 Å². The van der Waals surface area contributed by atoms with Gasteiger partial charge in [-0.2, -0.15) is 0 Å². The molecule has 0 radical (unpaired) electrons. The molecule has 0 spiro atoms. The van der Waals surface area contributed by atoms with Crippen molar-refractivity contribution in [2.24, 2.45) is 0 Å². The summed E-state index contributed by atoms with van der Waals surface area (Å²) in [7, 11) is 0. The maximum absolute atomic E-state index is 12.4. The lowest BCUT2D eigenvalue weighted by molar-refractivity contribution is -0.384. The Hall–Kier alpha value is -3.73. The number of nitro groups is 1. The van der Waals surface area contributed by atoms with Gasteiger partial charge in [-0.1, -0.05) is 35.5 Å². The Morgan fingerprint density at radius 3 is 2.59 bits per heavy atom. The Balaban J connectivity index is 1.57. The minimum atomic E-state index is -0.553. The fraction of sp³-hybridized carbons (Fsp3) is 0.238. The van der Waals surface area contributed by atoms with Crippen LogP contribution in [0.2, 0.25) is 0 Å². The zero-order valence-electron chi connectivity index (χ0n) is 17.6. The van der Waals surface area contributed by atoms with Gasteiger partial charge in [-0.05, 0) is 32.0 Å². The molecule has 2 N–H and O–H groups in total. The van der Waals surface area contributed by atoms with Crippen molar-refractivity contribution < 1.29 is 14.5 Å². The lowest BCUT2D eigenvalue weighted by Gasteiger charge is -2.09. The van der Waals surface area contributed by atoms with E-state index in [0.29, 0.717) is 17.5 Å². The van der Waals surface area contributed by atoms with Gasteiger partial charge in [0.15, 0.2) is 11.0 Å². The lowest BCUT2D eigenvalue weighted by Crippen LogP contribution is -2.25. The van der Waals surface area contributed by atoms with Crippen molar-refractivity contribution in [3.63, 3.8) is 0 Å². The van der Waals surface area contributed by atoms with Gasteiger partial charge in [0.2, 0.25) is 5.91 Å². The Morgan fingerprint density at radius 1 is 1.16 bits per heavy atom. The topological polar surface area (TPSA) is 132 Å². The van der Waals surface area contributed by atoms with E-state index >= 15 is 0 Å². The zero-order valence-corrected chi connectivity index (χ0v) is 18.4. The van der Waals surface area contributed by atoms with Gasteiger partial charge in [0.05, 0.1) is 17.2 Å². The third-order valence-electron chi connectivity index (χ3n) is 4.50. The highest BCUT2D eigenvalue weighted by molar-refractivity contribution is 7.99. The van der Waals surface area contributed by atoms with Crippen LogP contribution in [-0.2, 0) is 17.9 Å². The molecule has 3 rings (SSSR count). The monoisotopic (exact) mass is 454 g/mol. The summed E-state index contributed by atoms with van der Waals surface area (Å²) < 4.78 is 1.80. The van der Waals surface area contributed by atoms with E-state index in [-0.39, 0.29) is 29.5 Å². The quantitative estimate of drug-likeness (QED) is 0.288. The number of hydrogen-bond donors (Lipinski definition) is 2. The number of thioether (sulfide) groups is 1. The van der Waals surface area contributed by atoms with Crippen LogP contribution in [0.5, 0.6) is 0 Å². The highest BCUT2D eigenvalue weighted by Gasteiger charge is 2.16. The molecule has 1 heterocycles. The molecule has 10 nitrogen and oxygen atoms in total. The molecule has 1 aromatic heterocycles. The SMILES string of the molecule is CCn1c(CNC(=O)c2cccc([N+](=O)[O-])c2)nnc1SCC(=O)Nc1ccc(C)cc1. The van der Waals surface area contributed by atoms with E-state index in [1.165, 1.54) is 36.0 Å². The fourth-order valence-electron chi connectivity index (χ4n) is 2.86. The molecule has 11 heteroatoms. The number of anilines is 1. The molecule has 0 unspecified atom stereocenters. The van der Waals surface area contributed by atoms with Crippen LogP contribution in [0.4, 0.5) is 11.4 Å². The van der Waals surface area contributed by atoms with Crippen LogP contribution < -0.4 is 10.6 Å². The van der Waals surface area contributed by atoms with Crippen LogP contribution in [-0.4, -0.2) is 37.3 Å². The average molecular weight is 455 g/mol. The van der Waals surface area contributed by atoms with E-state index in [2.05, 4.69) is 20.8 Å². The molecule has 0 aliphatic rings. The summed E-state index contributed by atoms with van der Waals surface area (Å²) in [6.45, 7) is 4.53. The molecule has 3 aromatic rings. The first-order valence-electron chi connectivity index (χ1n) is 9.81. The van der Waals surface area contributed by atoms with Crippen molar-refractivity contribution in [1.29, 1.82) is 0 Å². The van der Waals surface area contributed by atoms with Gasteiger partial charge in [0.25, 0.3) is 11.6 Å². The molecule has 2 aromatic carbocycles. The van der Waals surface area contributed by atoms with Crippen molar-refractivity contribution in [2.45, 2.75) is 32.1 Å². The molecule has 32 heavy (non-hydrogen) atoms. The van der Waals surface area contributed by atoms with Crippen LogP contribution in [0.3, 0.4) is 0 Å². The first-order valence-corrected chi connectivity index (χ1v) is 10.8. The number of nitrogens with zero attached hydrogens (tertiary/aromatic N) is 4. The second-order valence-electron chi connectivity index (χ2n) is 6.84. The van der Waals surface area contributed by atoms with Crippen LogP contribution in [0, 0.1) is 17.0 Å². The number of hydrogen-bond acceptors (Lipinski definition) is 7. The molecule has 0 bridgehead atoms. The van der Waals surface area contributed by atoms with Crippen molar-refractivity contribution in [3.05, 3.63) is 75.6 Å². The van der Waals surface area contributed by atoms with E-state index < -0.39 is 10.8 Å². The molecule has 0 aliphatic carbocycles. The smallest absolute Gasteiger partial charge is 0.270 e. The Kier molecular flexibility index (Phi) is 7.55. The van der Waals surface area contributed by atoms with Crippen LogP contribution >= 0.6 is 11.8 Å². The number of nitrogens with one attached hydrogen (secondary N) is 2. The van der Waals surface area contributed by atoms with Crippen molar-refractivity contribution in [2.75, 3.05) is 11.1 Å². The van der Waals surface area contributed by atoms with E-state index in [1.54, 1.807) is 4.57 Å². The number of carbonyl (C=O) groups is 2. The van der Waals surface area contributed by atoms with E-state index in [4.69, 9.17) is 0 Å². The first-order chi connectivity index (χ1) is 15.4. The largest absolute Gasteiger partial charge is 0.345 e. The predicted octanol–water partition coefficient (Wildman–Crippen LogP) is 3.18. The molecular formula is C21H22N6O4S. The van der Waals surface area contributed by atoms with Gasteiger partial charge < -0.3 is 15.2 Å². The minimum Gasteiger partial charge on any atom is -0.345 e. The number of aromatic nitrogens is 3. The highest BCUT2D eigenvalue weighted by Crippen LogP contribution is 2.18. The Bertz CT molecular complexity index is 1130. The molecule has 0 fully saturated rings. The minimum absolute atomic E-state index is 0.0957. The third kappa shape index (κ3) is 5.91. The normalized spacial score (nSPS) is 10.6. The third-order valence-corrected chi connectivity index (χ3v) is 5.47. The highest BCUT2D eigenvalue weighted by atomic mass is 32.2. The van der Waals surface area contributed by atoms with Gasteiger partial charge in [-0.3, -0.25) is 19.7 Å². The number of non-ortho nitro benzene ring substituents is 1. The van der Waals surface area contributed by atoms with Crippen LogP contribution in [0.1, 0.15) is 28.7 Å². The van der Waals surface area contributed by atoms with Crippen LogP contribution in [0.25, 0.3) is 0 Å². The summed E-state index contributed by atoms with van der Waals surface area (Å²) in [5.74, 6) is 0.0651. The lowest BCUT2D eigenvalue weighted by atomic mass is 10.2. The summed E-state index contributed by atoms with van der Waals surface area (Å²) in [5.41, 5.74) is 1.86. The number of benzene rings is 2. The van der Waals surface area contributed by atoms with Crippen molar-refractivity contribution in [1.82, 2.24) is 20.1 Å². The zero-order chi connectivity index (χ0) is 23.1. The standard InChI is InChI=1S/C21H22N6O4S/c1-3-26-18(12-22-20(29)15-5-4-6-17(11-15)27(30)31)24-25-21(26)32-13-19(28)23-16-9-7-14(2)8-10-16/h4-11H,3,12-13H2,1-2H3,(H,22,29)(H,23,28). The number of carbonyl (C=O) groups excluding carboxylic acids is 2.